The maximum absolute atomic E-state index is 14.7. The first-order chi connectivity index (χ1) is 30.3. The summed E-state index contributed by atoms with van der Waals surface area (Å²) in [5.74, 6) is -5.41. The molecule has 1 aromatic heterocycles. The molecule has 6 rings (SSSR count). The van der Waals surface area contributed by atoms with E-state index in [4.69, 9.17) is 14.3 Å². The van der Waals surface area contributed by atoms with E-state index in [1.165, 1.54) is 76.5 Å². The van der Waals surface area contributed by atoms with Gasteiger partial charge in [0.2, 0.25) is 0 Å². The molecular formula is C52H58F4N2O5. The molecule has 7 nitrogen and oxygen atoms in total. The SMILES string of the molecule is CCCCCCCCCCCCOCCn1c2ccc(/C(=N/OC(C)=O)c3ccccc3OCC(F)(F)C(F)F)cc2c2cc(C(=O)c3c(C)cc(C)cc3C)c3ccccc3c21. The van der Waals surface area contributed by atoms with E-state index in [1.807, 2.05) is 75.4 Å². The molecule has 1 heterocycles. The molecule has 63 heavy (non-hydrogen) atoms. The number of carbonyl (C=O) groups is 2. The van der Waals surface area contributed by atoms with Gasteiger partial charge in [-0.25, -0.2) is 13.6 Å². The van der Waals surface area contributed by atoms with Gasteiger partial charge >= 0.3 is 18.3 Å². The number of alkyl halides is 4. The summed E-state index contributed by atoms with van der Waals surface area (Å²) in [5, 5.41) is 7.34. The minimum absolute atomic E-state index is 0.0479. The Morgan fingerprint density at radius 2 is 1.35 bits per heavy atom. The molecule has 0 N–H and O–H groups in total. The van der Waals surface area contributed by atoms with Crippen LogP contribution in [0, 0.1) is 20.8 Å². The minimum atomic E-state index is -4.41. The van der Waals surface area contributed by atoms with Crippen LogP contribution in [0.3, 0.4) is 0 Å². The van der Waals surface area contributed by atoms with Crippen LogP contribution in [0.5, 0.6) is 5.75 Å². The first kappa shape index (κ1) is 46.9. The van der Waals surface area contributed by atoms with E-state index in [9.17, 15) is 27.2 Å². The van der Waals surface area contributed by atoms with Crippen molar-refractivity contribution in [3.63, 3.8) is 0 Å². The standard InChI is InChI=1S/C52H58F4N2O5/c1-6-7-8-9-10-11-12-13-14-19-27-61-28-26-58-45-25-24-38(48(57-63-37(5)59)41-22-17-18-23-46(41)62-33-52(55,56)51(53)54)31-42(45)43-32-44(39-20-15-16-21-40(39)49(43)58)50(60)47-35(3)29-34(2)30-36(47)4/h15-18,20-25,29-32,51H,6-14,19,26-28,33H2,1-5H3/b57-48-. The lowest BCUT2D eigenvalue weighted by atomic mass is 9.89. The molecule has 11 heteroatoms. The van der Waals surface area contributed by atoms with Crippen LogP contribution in [0.1, 0.15) is 122 Å². The third-order valence-electron chi connectivity index (χ3n) is 11.5. The van der Waals surface area contributed by atoms with E-state index in [-0.39, 0.29) is 22.8 Å². The van der Waals surface area contributed by atoms with Crippen LogP contribution in [0.15, 0.2) is 90.1 Å². The predicted molar refractivity (Wildman–Crippen MR) is 244 cm³/mol. The Morgan fingerprint density at radius 3 is 2.02 bits per heavy atom. The third-order valence-corrected chi connectivity index (χ3v) is 11.5. The second kappa shape index (κ2) is 21.7. The van der Waals surface area contributed by atoms with Crippen LogP contribution in [0.4, 0.5) is 17.6 Å². The van der Waals surface area contributed by atoms with Crippen molar-refractivity contribution in [2.75, 3.05) is 19.8 Å². The number of hydrogen-bond acceptors (Lipinski definition) is 6. The van der Waals surface area contributed by atoms with Gasteiger partial charge in [0.05, 0.1) is 12.1 Å². The molecule has 0 fully saturated rings. The van der Waals surface area contributed by atoms with Gasteiger partial charge in [-0.1, -0.05) is 130 Å². The number of ether oxygens (including phenoxy) is 2. The number of unbranched alkanes of at least 4 members (excludes halogenated alkanes) is 9. The molecular weight excluding hydrogens is 809 g/mol. The highest BCUT2D eigenvalue weighted by Gasteiger charge is 2.42. The lowest BCUT2D eigenvalue weighted by Crippen LogP contribution is -2.34. The molecule has 0 amide bonds. The maximum atomic E-state index is 14.7. The van der Waals surface area contributed by atoms with Gasteiger partial charge in [-0.05, 0) is 74.0 Å². The van der Waals surface area contributed by atoms with Crippen LogP contribution in [-0.2, 0) is 20.9 Å². The number of carbonyl (C=O) groups excluding carboxylic acids is 2. The van der Waals surface area contributed by atoms with E-state index in [0.29, 0.717) is 36.4 Å². The van der Waals surface area contributed by atoms with Crippen molar-refractivity contribution in [2.45, 2.75) is 118 Å². The number of nitrogens with zero attached hydrogens (tertiary/aromatic N) is 2. The van der Waals surface area contributed by atoms with Gasteiger partial charge in [-0.2, -0.15) is 8.78 Å². The topological polar surface area (TPSA) is 79.1 Å². The fraction of sp³-hybridized carbons (Fsp3) is 0.404. The number of fused-ring (bicyclic) bond motifs is 5. The van der Waals surface area contributed by atoms with Gasteiger partial charge in [0.1, 0.15) is 11.5 Å². The predicted octanol–water partition coefficient (Wildman–Crippen LogP) is 13.6. The van der Waals surface area contributed by atoms with Crippen molar-refractivity contribution in [2.24, 2.45) is 5.16 Å². The fourth-order valence-corrected chi connectivity index (χ4v) is 8.55. The number of hydrogen-bond donors (Lipinski definition) is 0. The molecule has 0 atom stereocenters. The highest BCUT2D eigenvalue weighted by Crippen LogP contribution is 2.39. The Bertz CT molecular complexity index is 2560. The van der Waals surface area contributed by atoms with Crippen LogP contribution in [0.2, 0.25) is 0 Å². The average molecular weight is 867 g/mol. The lowest BCUT2D eigenvalue weighted by molar-refractivity contribution is -0.148. The Kier molecular flexibility index (Phi) is 16.2. The minimum Gasteiger partial charge on any atom is -0.486 e. The third kappa shape index (κ3) is 11.3. The maximum Gasteiger partial charge on any atom is 0.340 e. The van der Waals surface area contributed by atoms with Gasteiger partial charge in [0.25, 0.3) is 0 Å². The van der Waals surface area contributed by atoms with Crippen molar-refractivity contribution in [1.29, 1.82) is 0 Å². The summed E-state index contributed by atoms with van der Waals surface area (Å²) in [5.41, 5.74) is 6.32. The zero-order valence-corrected chi connectivity index (χ0v) is 37.0. The largest absolute Gasteiger partial charge is 0.486 e. The Morgan fingerprint density at radius 1 is 0.714 bits per heavy atom. The molecule has 0 saturated heterocycles. The molecule has 0 bridgehead atoms. The second-order valence-electron chi connectivity index (χ2n) is 16.5. The fourth-order valence-electron chi connectivity index (χ4n) is 8.55. The van der Waals surface area contributed by atoms with Gasteiger partial charge in [0, 0.05) is 64.0 Å². The zero-order valence-electron chi connectivity index (χ0n) is 37.0. The van der Waals surface area contributed by atoms with Crippen molar-refractivity contribution in [1.82, 2.24) is 4.57 Å². The quantitative estimate of drug-likeness (QED) is 0.0160. The second-order valence-corrected chi connectivity index (χ2v) is 16.5. The number of halogens is 4. The van der Waals surface area contributed by atoms with Crippen LogP contribution in [0.25, 0.3) is 32.6 Å². The van der Waals surface area contributed by atoms with E-state index < -0.39 is 24.9 Å². The van der Waals surface area contributed by atoms with E-state index in [0.717, 1.165) is 62.1 Å². The molecule has 6 aromatic rings. The van der Waals surface area contributed by atoms with Crippen LogP contribution < -0.4 is 4.74 Å². The number of benzene rings is 5. The highest BCUT2D eigenvalue weighted by molar-refractivity contribution is 6.27. The summed E-state index contributed by atoms with van der Waals surface area (Å²) >= 11 is 0. The highest BCUT2D eigenvalue weighted by atomic mass is 19.3. The zero-order chi connectivity index (χ0) is 45.1. The van der Waals surface area contributed by atoms with Gasteiger partial charge in [-0.3, -0.25) is 4.79 Å². The number of rotatable bonds is 23. The molecule has 0 saturated carbocycles. The molecule has 0 spiro atoms. The number of aryl methyl sites for hydroxylation is 3. The van der Waals surface area contributed by atoms with E-state index in [1.54, 1.807) is 12.1 Å². The number of oxime groups is 1. The summed E-state index contributed by atoms with van der Waals surface area (Å²) < 4.78 is 68.1. The van der Waals surface area contributed by atoms with Crippen molar-refractivity contribution >= 4 is 50.0 Å². The van der Waals surface area contributed by atoms with Crippen molar-refractivity contribution in [3.8, 4) is 5.75 Å². The molecule has 0 aliphatic rings. The smallest absolute Gasteiger partial charge is 0.340 e. The molecule has 0 radical (unpaired) electrons. The number of para-hydroxylation sites is 1. The first-order valence-corrected chi connectivity index (χ1v) is 22.1. The molecule has 5 aromatic carbocycles. The van der Waals surface area contributed by atoms with Gasteiger partial charge < -0.3 is 18.9 Å². The van der Waals surface area contributed by atoms with Gasteiger partial charge in [-0.15, -0.1) is 0 Å². The lowest BCUT2D eigenvalue weighted by Gasteiger charge is -2.18. The van der Waals surface area contributed by atoms with Crippen LogP contribution >= 0.6 is 0 Å². The first-order valence-electron chi connectivity index (χ1n) is 22.1. The van der Waals surface area contributed by atoms with E-state index in [2.05, 4.69) is 16.6 Å². The molecule has 334 valence electrons. The monoisotopic (exact) mass is 866 g/mol. The Labute approximate surface area is 367 Å². The normalized spacial score (nSPS) is 12.3. The Balaban J connectivity index is 1.41. The molecule has 0 aliphatic heterocycles. The van der Waals surface area contributed by atoms with Gasteiger partial charge in [0.15, 0.2) is 12.4 Å². The van der Waals surface area contributed by atoms with E-state index >= 15 is 0 Å². The van der Waals surface area contributed by atoms with Crippen LogP contribution in [-0.4, -0.2) is 54.2 Å². The Hall–Kier alpha value is -5.55. The molecule has 0 aliphatic carbocycles. The summed E-state index contributed by atoms with van der Waals surface area (Å²) in [6.07, 6.45) is 8.42. The summed E-state index contributed by atoms with van der Waals surface area (Å²) in [6.45, 7) is 9.32. The summed E-state index contributed by atoms with van der Waals surface area (Å²) in [7, 11) is 0. The average Bonchev–Trinajstić information content (AvgIpc) is 3.56. The van der Waals surface area contributed by atoms with Crippen molar-refractivity contribution in [3.05, 3.63) is 124 Å². The summed E-state index contributed by atoms with van der Waals surface area (Å²) in [4.78, 5) is 32.0. The van der Waals surface area contributed by atoms with Crippen molar-refractivity contribution < 1.29 is 41.5 Å². The number of ketones is 1. The summed E-state index contributed by atoms with van der Waals surface area (Å²) in [6, 6.07) is 25.3. The molecule has 0 unspecified atom stereocenters. The number of aromatic nitrogens is 1.